The lowest BCUT2D eigenvalue weighted by atomic mass is 10.1. The molecule has 0 aliphatic rings. The summed E-state index contributed by atoms with van der Waals surface area (Å²) in [6.45, 7) is 6.98. The van der Waals surface area contributed by atoms with Crippen molar-refractivity contribution < 1.29 is 9.59 Å². The van der Waals surface area contributed by atoms with E-state index in [-0.39, 0.29) is 11.8 Å². The first-order valence-electron chi connectivity index (χ1n) is 8.13. The van der Waals surface area contributed by atoms with Gasteiger partial charge in [0, 0.05) is 32.1 Å². The number of carbonyl (C=O) groups excluding carboxylic acids is 2. The highest BCUT2D eigenvalue weighted by Crippen LogP contribution is 2.10. The maximum atomic E-state index is 12.2. The molecular weight excluding hydrogens is 300 g/mol. The smallest absolute Gasteiger partial charge is 0.251 e. The second-order valence-electron chi connectivity index (χ2n) is 5.94. The van der Waals surface area contributed by atoms with Crippen molar-refractivity contribution in [2.24, 2.45) is 0 Å². The second kappa shape index (κ2) is 8.29. The van der Waals surface area contributed by atoms with E-state index in [4.69, 9.17) is 0 Å². The highest BCUT2D eigenvalue weighted by Gasteiger charge is 2.12. The molecule has 4 heteroatoms. The first-order valence-corrected chi connectivity index (χ1v) is 8.13. The van der Waals surface area contributed by atoms with Crippen molar-refractivity contribution in [2.75, 3.05) is 13.1 Å². The molecule has 2 rings (SSSR count). The zero-order valence-electron chi connectivity index (χ0n) is 14.5. The van der Waals surface area contributed by atoms with E-state index < -0.39 is 0 Å². The molecule has 1 N–H and O–H groups in total. The second-order valence-corrected chi connectivity index (χ2v) is 5.94. The topological polar surface area (TPSA) is 49.4 Å². The third-order valence-corrected chi connectivity index (χ3v) is 4.12. The summed E-state index contributed by atoms with van der Waals surface area (Å²) in [5.41, 5.74) is 3.90. The third-order valence-electron chi connectivity index (χ3n) is 4.12. The van der Waals surface area contributed by atoms with Crippen LogP contribution in [0, 0.1) is 13.8 Å². The molecule has 0 aliphatic carbocycles. The number of aryl methyl sites for hydroxylation is 2. The van der Waals surface area contributed by atoms with Crippen LogP contribution in [0.1, 0.15) is 34.0 Å². The van der Waals surface area contributed by atoms with Gasteiger partial charge in [0.15, 0.2) is 0 Å². The van der Waals surface area contributed by atoms with E-state index in [2.05, 4.69) is 5.32 Å². The van der Waals surface area contributed by atoms with E-state index in [0.717, 1.165) is 16.7 Å². The van der Waals surface area contributed by atoms with Crippen LogP contribution in [0.15, 0.2) is 48.5 Å². The predicted molar refractivity (Wildman–Crippen MR) is 95.8 cm³/mol. The molecule has 2 aromatic rings. The largest absolute Gasteiger partial charge is 0.350 e. The van der Waals surface area contributed by atoms with Crippen LogP contribution in [-0.4, -0.2) is 29.8 Å². The lowest BCUT2D eigenvalue weighted by Crippen LogP contribution is -2.37. The van der Waals surface area contributed by atoms with Gasteiger partial charge in [0.2, 0.25) is 5.91 Å². The summed E-state index contributed by atoms with van der Waals surface area (Å²) < 4.78 is 0. The SMILES string of the molecule is CC(=O)N(CCNC(=O)c1ccccc1C)Cc1ccccc1C. The molecule has 0 spiro atoms. The number of benzene rings is 2. The van der Waals surface area contributed by atoms with Gasteiger partial charge in [-0.3, -0.25) is 9.59 Å². The van der Waals surface area contributed by atoms with Crippen LogP contribution in [0.5, 0.6) is 0 Å². The lowest BCUT2D eigenvalue weighted by Gasteiger charge is -2.22. The molecule has 0 saturated carbocycles. The minimum absolute atomic E-state index is 0.00314. The quantitative estimate of drug-likeness (QED) is 0.888. The Kier molecular flexibility index (Phi) is 6.13. The molecule has 0 heterocycles. The number of nitrogens with one attached hydrogen (secondary N) is 1. The van der Waals surface area contributed by atoms with E-state index in [1.807, 2.05) is 56.3 Å². The van der Waals surface area contributed by atoms with Gasteiger partial charge >= 0.3 is 0 Å². The molecule has 0 unspecified atom stereocenters. The van der Waals surface area contributed by atoms with Gasteiger partial charge in [0.25, 0.3) is 5.91 Å². The van der Waals surface area contributed by atoms with Crippen molar-refractivity contribution in [1.29, 1.82) is 0 Å². The Hall–Kier alpha value is -2.62. The third kappa shape index (κ3) is 4.69. The number of amides is 2. The minimum atomic E-state index is -0.104. The van der Waals surface area contributed by atoms with Crippen LogP contribution < -0.4 is 5.32 Å². The van der Waals surface area contributed by atoms with Gasteiger partial charge in [-0.1, -0.05) is 42.5 Å². The summed E-state index contributed by atoms with van der Waals surface area (Å²) in [4.78, 5) is 25.8. The molecule has 0 radical (unpaired) electrons. The molecule has 0 fully saturated rings. The first kappa shape index (κ1) is 17.7. The van der Waals surface area contributed by atoms with E-state index in [1.54, 1.807) is 17.9 Å². The van der Waals surface area contributed by atoms with E-state index in [0.29, 0.717) is 25.2 Å². The Morgan fingerprint density at radius 2 is 1.58 bits per heavy atom. The molecule has 4 nitrogen and oxygen atoms in total. The summed E-state index contributed by atoms with van der Waals surface area (Å²) >= 11 is 0. The fourth-order valence-corrected chi connectivity index (χ4v) is 2.57. The molecule has 0 saturated heterocycles. The minimum Gasteiger partial charge on any atom is -0.350 e. The normalized spacial score (nSPS) is 10.3. The van der Waals surface area contributed by atoms with Gasteiger partial charge in [-0.15, -0.1) is 0 Å². The van der Waals surface area contributed by atoms with E-state index in [9.17, 15) is 9.59 Å². The number of nitrogens with zero attached hydrogens (tertiary/aromatic N) is 1. The first-order chi connectivity index (χ1) is 11.5. The number of carbonyl (C=O) groups is 2. The number of hydrogen-bond donors (Lipinski definition) is 1. The Morgan fingerprint density at radius 1 is 0.958 bits per heavy atom. The maximum absolute atomic E-state index is 12.2. The molecule has 126 valence electrons. The fourth-order valence-electron chi connectivity index (χ4n) is 2.57. The van der Waals surface area contributed by atoms with Crippen LogP contribution in [-0.2, 0) is 11.3 Å². The molecule has 0 atom stereocenters. The average molecular weight is 324 g/mol. The molecule has 24 heavy (non-hydrogen) atoms. The van der Waals surface area contributed by atoms with Gasteiger partial charge in [-0.05, 0) is 36.6 Å². The fraction of sp³-hybridized carbons (Fsp3) is 0.300. The number of rotatable bonds is 6. The molecular formula is C20H24N2O2. The van der Waals surface area contributed by atoms with E-state index in [1.165, 1.54) is 0 Å². The van der Waals surface area contributed by atoms with Crippen molar-refractivity contribution in [3.63, 3.8) is 0 Å². The van der Waals surface area contributed by atoms with Gasteiger partial charge in [0.1, 0.15) is 0 Å². The summed E-state index contributed by atoms with van der Waals surface area (Å²) in [6, 6.07) is 15.5. The highest BCUT2D eigenvalue weighted by molar-refractivity contribution is 5.95. The van der Waals surface area contributed by atoms with Crippen molar-refractivity contribution >= 4 is 11.8 Å². The predicted octanol–water partition coefficient (Wildman–Crippen LogP) is 3.08. The monoisotopic (exact) mass is 324 g/mol. The summed E-state index contributed by atoms with van der Waals surface area (Å²) in [5, 5.41) is 2.89. The van der Waals surface area contributed by atoms with Crippen molar-refractivity contribution in [2.45, 2.75) is 27.3 Å². The Balaban J connectivity index is 1.93. The van der Waals surface area contributed by atoms with Crippen molar-refractivity contribution in [3.8, 4) is 0 Å². The molecule has 0 bridgehead atoms. The van der Waals surface area contributed by atoms with Crippen molar-refractivity contribution in [1.82, 2.24) is 10.2 Å². The van der Waals surface area contributed by atoms with Gasteiger partial charge in [0.05, 0.1) is 0 Å². The van der Waals surface area contributed by atoms with Gasteiger partial charge in [-0.25, -0.2) is 0 Å². The van der Waals surface area contributed by atoms with Gasteiger partial charge < -0.3 is 10.2 Å². The standard InChI is InChI=1S/C20H24N2O2/c1-15-8-4-6-10-18(15)14-22(17(3)23)13-12-21-20(24)19-11-7-5-9-16(19)2/h4-11H,12-14H2,1-3H3,(H,21,24). The molecule has 0 aliphatic heterocycles. The van der Waals surface area contributed by atoms with E-state index >= 15 is 0 Å². The van der Waals surface area contributed by atoms with Crippen LogP contribution in [0.2, 0.25) is 0 Å². The summed E-state index contributed by atoms with van der Waals surface area (Å²) in [7, 11) is 0. The van der Waals surface area contributed by atoms with Crippen molar-refractivity contribution in [3.05, 3.63) is 70.8 Å². The van der Waals surface area contributed by atoms with Crippen LogP contribution in [0.25, 0.3) is 0 Å². The Bertz CT molecular complexity index is 725. The maximum Gasteiger partial charge on any atom is 0.251 e. The highest BCUT2D eigenvalue weighted by atomic mass is 16.2. The molecule has 2 amide bonds. The molecule has 0 aromatic heterocycles. The Labute approximate surface area is 143 Å². The van der Waals surface area contributed by atoms with Gasteiger partial charge in [-0.2, -0.15) is 0 Å². The van der Waals surface area contributed by atoms with Crippen LogP contribution in [0.3, 0.4) is 0 Å². The average Bonchev–Trinajstić information content (AvgIpc) is 2.55. The van der Waals surface area contributed by atoms with Crippen LogP contribution >= 0.6 is 0 Å². The van der Waals surface area contributed by atoms with Crippen LogP contribution in [0.4, 0.5) is 0 Å². The summed E-state index contributed by atoms with van der Waals surface area (Å²) in [6.07, 6.45) is 0. The zero-order chi connectivity index (χ0) is 17.5. The molecule has 2 aromatic carbocycles. The number of hydrogen-bond acceptors (Lipinski definition) is 2. The lowest BCUT2D eigenvalue weighted by molar-refractivity contribution is -0.129. The zero-order valence-corrected chi connectivity index (χ0v) is 14.5. The summed E-state index contributed by atoms with van der Waals surface area (Å²) in [5.74, 6) is -0.101. The Morgan fingerprint density at radius 3 is 2.21 bits per heavy atom.